The molecule has 1 aromatic heterocycles. The maximum atomic E-state index is 12.2. The molecule has 0 aliphatic rings. The highest BCUT2D eigenvalue weighted by Crippen LogP contribution is 2.26. The zero-order valence-corrected chi connectivity index (χ0v) is 13.7. The van der Waals surface area contributed by atoms with Crippen molar-refractivity contribution in [3.8, 4) is 17.0 Å². The van der Waals surface area contributed by atoms with Crippen LogP contribution in [0, 0.1) is 0 Å². The fraction of sp³-hybridized carbons (Fsp3) is 0.312. The smallest absolute Gasteiger partial charge is 0.406 e. The lowest BCUT2D eigenvalue weighted by atomic mass is 10.1. The molecule has 0 saturated carbocycles. The van der Waals surface area contributed by atoms with E-state index < -0.39 is 12.3 Å². The number of rotatable bonds is 6. The van der Waals surface area contributed by atoms with Crippen LogP contribution in [-0.4, -0.2) is 35.3 Å². The van der Waals surface area contributed by atoms with Gasteiger partial charge in [0, 0.05) is 18.7 Å². The predicted octanol–water partition coefficient (Wildman–Crippen LogP) is 2.99. The average Bonchev–Trinajstić information content (AvgIpc) is 2.55. The maximum Gasteiger partial charge on any atom is 0.573 e. The minimum absolute atomic E-state index is 0.0301. The topological polar surface area (TPSA) is 81.3 Å². The summed E-state index contributed by atoms with van der Waals surface area (Å²) in [6, 6.07) is 6.58. The second-order valence-electron chi connectivity index (χ2n) is 5.05. The van der Waals surface area contributed by atoms with Gasteiger partial charge in [-0.2, -0.15) is 0 Å². The van der Waals surface area contributed by atoms with Gasteiger partial charge in [0.05, 0.1) is 5.69 Å². The van der Waals surface area contributed by atoms with E-state index in [1.807, 2.05) is 18.7 Å². The van der Waals surface area contributed by atoms with Gasteiger partial charge in [0.2, 0.25) is 5.95 Å². The molecule has 0 spiro atoms. The number of hydrogen-bond donors (Lipinski definition) is 1. The summed E-state index contributed by atoms with van der Waals surface area (Å²) < 4.78 is 40.5. The van der Waals surface area contributed by atoms with E-state index >= 15 is 0 Å². The molecular weight excluding hydrogens is 337 g/mol. The number of ether oxygens (including phenoxy) is 1. The van der Waals surface area contributed by atoms with Crippen LogP contribution in [-0.2, 0) is 0 Å². The summed E-state index contributed by atoms with van der Waals surface area (Å²) in [6.07, 6.45) is -4.76. The molecule has 134 valence electrons. The number of amides is 1. The summed E-state index contributed by atoms with van der Waals surface area (Å²) in [5.74, 6) is -0.731. The lowest BCUT2D eigenvalue weighted by Gasteiger charge is -2.19. The van der Waals surface area contributed by atoms with Gasteiger partial charge in [0.15, 0.2) is 0 Å². The van der Waals surface area contributed by atoms with Crippen molar-refractivity contribution < 1.29 is 22.7 Å². The Balaban J connectivity index is 2.42. The lowest BCUT2D eigenvalue weighted by Crippen LogP contribution is -2.26. The summed E-state index contributed by atoms with van der Waals surface area (Å²) in [6.45, 7) is 5.06. The third kappa shape index (κ3) is 4.82. The van der Waals surface area contributed by atoms with Crippen molar-refractivity contribution in [1.29, 1.82) is 0 Å². The lowest BCUT2D eigenvalue weighted by molar-refractivity contribution is -0.274. The van der Waals surface area contributed by atoms with Gasteiger partial charge in [0.25, 0.3) is 5.91 Å². The molecule has 2 aromatic rings. The van der Waals surface area contributed by atoms with Crippen LogP contribution in [0.3, 0.4) is 0 Å². The first-order valence-electron chi connectivity index (χ1n) is 7.53. The van der Waals surface area contributed by atoms with Crippen LogP contribution in [0.2, 0.25) is 0 Å². The van der Waals surface area contributed by atoms with Crippen molar-refractivity contribution >= 4 is 11.9 Å². The highest BCUT2D eigenvalue weighted by atomic mass is 19.4. The molecule has 2 rings (SSSR count). The Morgan fingerprint density at radius 2 is 1.76 bits per heavy atom. The monoisotopic (exact) mass is 354 g/mol. The molecule has 0 saturated heterocycles. The summed E-state index contributed by atoms with van der Waals surface area (Å²) in [5, 5.41) is 0. The van der Waals surface area contributed by atoms with Crippen LogP contribution in [0.4, 0.5) is 19.1 Å². The SMILES string of the molecule is CCN(CC)c1nc(C(N)=O)cc(-c2ccc(OC(F)(F)F)cc2)n1. The van der Waals surface area contributed by atoms with E-state index in [0.29, 0.717) is 30.3 Å². The second kappa shape index (κ2) is 7.37. The summed E-state index contributed by atoms with van der Waals surface area (Å²) in [5.41, 5.74) is 6.23. The van der Waals surface area contributed by atoms with Gasteiger partial charge < -0.3 is 15.4 Å². The molecular formula is C16H17F3N4O2. The molecule has 0 aliphatic heterocycles. The van der Waals surface area contributed by atoms with Crippen molar-refractivity contribution in [2.45, 2.75) is 20.2 Å². The van der Waals surface area contributed by atoms with Gasteiger partial charge in [-0.3, -0.25) is 4.79 Å². The molecule has 6 nitrogen and oxygen atoms in total. The largest absolute Gasteiger partial charge is 0.573 e. The Morgan fingerprint density at radius 3 is 2.24 bits per heavy atom. The number of nitrogens with two attached hydrogens (primary N) is 1. The minimum Gasteiger partial charge on any atom is -0.406 e. The van der Waals surface area contributed by atoms with Crippen LogP contribution >= 0.6 is 0 Å². The molecule has 1 heterocycles. The third-order valence-corrected chi connectivity index (χ3v) is 3.40. The number of carbonyl (C=O) groups excluding carboxylic acids is 1. The fourth-order valence-electron chi connectivity index (χ4n) is 2.18. The fourth-order valence-corrected chi connectivity index (χ4v) is 2.18. The number of halogens is 3. The molecule has 25 heavy (non-hydrogen) atoms. The Kier molecular flexibility index (Phi) is 5.45. The normalized spacial score (nSPS) is 11.2. The minimum atomic E-state index is -4.76. The maximum absolute atomic E-state index is 12.2. The molecule has 1 amide bonds. The number of aromatic nitrogens is 2. The molecule has 0 unspecified atom stereocenters. The van der Waals surface area contributed by atoms with E-state index in [-0.39, 0.29) is 11.4 Å². The highest BCUT2D eigenvalue weighted by molar-refractivity contribution is 5.92. The first kappa shape index (κ1) is 18.5. The van der Waals surface area contributed by atoms with Crippen LogP contribution in [0.5, 0.6) is 5.75 Å². The van der Waals surface area contributed by atoms with Crippen molar-refractivity contribution in [2.75, 3.05) is 18.0 Å². The summed E-state index contributed by atoms with van der Waals surface area (Å²) in [7, 11) is 0. The first-order chi connectivity index (χ1) is 11.7. The zero-order chi connectivity index (χ0) is 18.6. The summed E-state index contributed by atoms with van der Waals surface area (Å²) in [4.78, 5) is 21.9. The predicted molar refractivity (Wildman–Crippen MR) is 86.2 cm³/mol. The Hall–Kier alpha value is -2.84. The van der Waals surface area contributed by atoms with E-state index in [0.717, 1.165) is 0 Å². The number of primary amides is 1. The zero-order valence-electron chi connectivity index (χ0n) is 13.7. The van der Waals surface area contributed by atoms with Gasteiger partial charge in [-0.15, -0.1) is 13.2 Å². The molecule has 0 atom stereocenters. The molecule has 2 N–H and O–H groups in total. The van der Waals surface area contributed by atoms with E-state index in [9.17, 15) is 18.0 Å². The summed E-state index contributed by atoms with van der Waals surface area (Å²) >= 11 is 0. The van der Waals surface area contributed by atoms with Gasteiger partial charge in [-0.1, -0.05) is 0 Å². The number of benzene rings is 1. The Morgan fingerprint density at radius 1 is 1.16 bits per heavy atom. The molecule has 1 aromatic carbocycles. The van der Waals surface area contributed by atoms with Crippen LogP contribution in [0.15, 0.2) is 30.3 Å². The van der Waals surface area contributed by atoms with Gasteiger partial charge >= 0.3 is 6.36 Å². The quantitative estimate of drug-likeness (QED) is 0.862. The van der Waals surface area contributed by atoms with Crippen molar-refractivity contribution in [3.05, 3.63) is 36.0 Å². The highest BCUT2D eigenvalue weighted by Gasteiger charge is 2.31. The van der Waals surface area contributed by atoms with Gasteiger partial charge in [0.1, 0.15) is 11.4 Å². The average molecular weight is 354 g/mol. The van der Waals surface area contributed by atoms with Crippen molar-refractivity contribution in [3.63, 3.8) is 0 Å². The molecule has 0 aliphatic carbocycles. The van der Waals surface area contributed by atoms with Crippen LogP contribution in [0.25, 0.3) is 11.3 Å². The second-order valence-corrected chi connectivity index (χ2v) is 5.05. The first-order valence-corrected chi connectivity index (χ1v) is 7.53. The van der Waals surface area contributed by atoms with E-state index in [1.54, 1.807) is 0 Å². The Labute approximate surface area is 142 Å². The van der Waals surface area contributed by atoms with Crippen molar-refractivity contribution in [2.24, 2.45) is 5.73 Å². The molecule has 0 bridgehead atoms. The number of hydrogen-bond acceptors (Lipinski definition) is 5. The van der Waals surface area contributed by atoms with Gasteiger partial charge in [-0.05, 0) is 44.2 Å². The number of carbonyl (C=O) groups is 1. The van der Waals surface area contributed by atoms with Gasteiger partial charge in [-0.25, -0.2) is 9.97 Å². The number of alkyl halides is 3. The van der Waals surface area contributed by atoms with Crippen LogP contribution < -0.4 is 15.4 Å². The molecule has 0 radical (unpaired) electrons. The number of nitrogens with zero attached hydrogens (tertiary/aromatic N) is 3. The Bertz CT molecular complexity index is 744. The van der Waals surface area contributed by atoms with Crippen molar-refractivity contribution in [1.82, 2.24) is 9.97 Å². The standard InChI is InChI=1S/C16H17F3N4O2/c1-3-23(4-2)15-21-12(9-13(22-15)14(20)24)10-5-7-11(8-6-10)25-16(17,18)19/h5-9H,3-4H2,1-2H3,(H2,20,24). The molecule has 9 heteroatoms. The van der Waals surface area contributed by atoms with Crippen LogP contribution in [0.1, 0.15) is 24.3 Å². The molecule has 0 fully saturated rings. The van der Waals surface area contributed by atoms with E-state index in [4.69, 9.17) is 5.73 Å². The van der Waals surface area contributed by atoms with E-state index in [2.05, 4.69) is 14.7 Å². The van der Waals surface area contributed by atoms with E-state index in [1.165, 1.54) is 30.3 Å². The third-order valence-electron chi connectivity index (χ3n) is 3.40. The number of anilines is 1.